The number of hydrogen-bond acceptors (Lipinski definition) is 4. The van der Waals surface area contributed by atoms with E-state index in [9.17, 15) is 9.59 Å². The minimum Gasteiger partial charge on any atom is -0.297 e. The van der Waals surface area contributed by atoms with E-state index in [-0.39, 0.29) is 24.3 Å². The largest absolute Gasteiger partial charge is 0.297 e. The first-order chi connectivity index (χ1) is 13.5. The molecule has 1 atom stereocenters. The smallest absolute Gasteiger partial charge is 0.251 e. The Morgan fingerprint density at radius 2 is 1.75 bits per heavy atom. The van der Waals surface area contributed by atoms with Crippen LogP contribution in [0.25, 0.3) is 0 Å². The predicted molar refractivity (Wildman–Crippen MR) is 110 cm³/mol. The number of imide groups is 1. The molecule has 0 bridgehead atoms. The zero-order chi connectivity index (χ0) is 19.7. The topological polar surface area (TPSA) is 43.9 Å². The van der Waals surface area contributed by atoms with Crippen LogP contribution in [0.2, 0.25) is 5.02 Å². The number of halogens is 1. The number of nitrogens with zero attached hydrogens (tertiary/aromatic N) is 3. The zero-order valence-corrected chi connectivity index (χ0v) is 16.7. The molecule has 2 aromatic rings. The van der Waals surface area contributed by atoms with Gasteiger partial charge in [0.1, 0.15) is 0 Å². The highest BCUT2D eigenvalue weighted by molar-refractivity contribution is 6.31. The maximum absolute atomic E-state index is 12.9. The van der Waals surface area contributed by atoms with Crippen molar-refractivity contribution >= 4 is 29.1 Å². The first kappa shape index (κ1) is 19.1. The zero-order valence-electron chi connectivity index (χ0n) is 16.0. The molecule has 0 unspecified atom stereocenters. The number of piperazine rings is 1. The third kappa shape index (κ3) is 3.97. The van der Waals surface area contributed by atoms with Crippen molar-refractivity contribution in [2.24, 2.45) is 0 Å². The van der Waals surface area contributed by atoms with E-state index in [0.29, 0.717) is 10.7 Å². The Bertz CT molecular complexity index is 893. The summed E-state index contributed by atoms with van der Waals surface area (Å²) in [4.78, 5) is 31.3. The van der Waals surface area contributed by atoms with E-state index in [1.54, 1.807) is 24.3 Å². The van der Waals surface area contributed by atoms with Crippen molar-refractivity contribution in [1.29, 1.82) is 0 Å². The molecular weight excluding hydrogens is 374 g/mol. The second-order valence-corrected chi connectivity index (χ2v) is 8.00. The normalized spacial score (nSPS) is 21.5. The summed E-state index contributed by atoms with van der Waals surface area (Å²) in [6.07, 6.45) is 0.239. The van der Waals surface area contributed by atoms with Crippen molar-refractivity contribution in [3.8, 4) is 0 Å². The molecule has 0 spiro atoms. The summed E-state index contributed by atoms with van der Waals surface area (Å²) in [5.74, 6) is -0.293. The Labute approximate surface area is 170 Å². The van der Waals surface area contributed by atoms with Crippen LogP contribution < -0.4 is 4.90 Å². The van der Waals surface area contributed by atoms with Gasteiger partial charge in [0.25, 0.3) is 5.91 Å². The SMILES string of the molecule is Cc1cccc(CN2CCN([C@H]3CC(=O)N(c4cccc(Cl)c4)C3=O)CC2)c1. The summed E-state index contributed by atoms with van der Waals surface area (Å²) >= 11 is 6.03. The molecule has 0 aromatic heterocycles. The lowest BCUT2D eigenvalue weighted by Gasteiger charge is -2.37. The van der Waals surface area contributed by atoms with E-state index >= 15 is 0 Å². The molecule has 4 rings (SSSR count). The minimum absolute atomic E-state index is 0.139. The molecule has 28 heavy (non-hydrogen) atoms. The van der Waals surface area contributed by atoms with Gasteiger partial charge in [0.15, 0.2) is 0 Å². The van der Waals surface area contributed by atoms with Crippen LogP contribution in [0.1, 0.15) is 17.5 Å². The lowest BCUT2D eigenvalue weighted by molar-refractivity contribution is -0.123. The summed E-state index contributed by atoms with van der Waals surface area (Å²) in [6, 6.07) is 15.1. The van der Waals surface area contributed by atoms with Gasteiger partial charge < -0.3 is 0 Å². The van der Waals surface area contributed by atoms with Gasteiger partial charge in [-0.3, -0.25) is 19.4 Å². The van der Waals surface area contributed by atoms with Gasteiger partial charge in [-0.05, 0) is 30.7 Å². The first-order valence-electron chi connectivity index (χ1n) is 9.65. The average molecular weight is 398 g/mol. The number of hydrogen-bond donors (Lipinski definition) is 0. The summed E-state index contributed by atoms with van der Waals surface area (Å²) in [7, 11) is 0. The molecule has 0 radical (unpaired) electrons. The third-order valence-corrected chi connectivity index (χ3v) is 5.76. The number of aryl methyl sites for hydroxylation is 1. The lowest BCUT2D eigenvalue weighted by Crippen LogP contribution is -2.52. The van der Waals surface area contributed by atoms with Gasteiger partial charge in [-0.1, -0.05) is 47.5 Å². The average Bonchev–Trinajstić information content (AvgIpc) is 2.97. The van der Waals surface area contributed by atoms with Crippen LogP contribution in [-0.4, -0.2) is 53.8 Å². The molecule has 2 aliphatic heterocycles. The van der Waals surface area contributed by atoms with Crippen LogP contribution in [0, 0.1) is 6.92 Å². The van der Waals surface area contributed by atoms with Gasteiger partial charge in [0.05, 0.1) is 18.2 Å². The first-order valence-corrected chi connectivity index (χ1v) is 10.0. The van der Waals surface area contributed by atoms with Crippen molar-refractivity contribution < 1.29 is 9.59 Å². The third-order valence-electron chi connectivity index (χ3n) is 5.53. The molecule has 0 saturated carbocycles. The fourth-order valence-electron chi connectivity index (χ4n) is 4.09. The van der Waals surface area contributed by atoms with E-state index in [0.717, 1.165) is 32.7 Å². The van der Waals surface area contributed by atoms with Crippen molar-refractivity contribution in [3.63, 3.8) is 0 Å². The van der Waals surface area contributed by atoms with E-state index in [4.69, 9.17) is 11.6 Å². The van der Waals surface area contributed by atoms with Gasteiger partial charge in [-0.25, -0.2) is 4.90 Å². The molecule has 5 nitrogen and oxygen atoms in total. The maximum atomic E-state index is 12.9. The molecule has 2 heterocycles. The molecule has 0 N–H and O–H groups in total. The molecule has 2 aromatic carbocycles. The molecule has 2 saturated heterocycles. The number of carbonyl (C=O) groups is 2. The van der Waals surface area contributed by atoms with Crippen LogP contribution >= 0.6 is 11.6 Å². The van der Waals surface area contributed by atoms with Gasteiger partial charge in [-0.15, -0.1) is 0 Å². The molecule has 6 heteroatoms. The standard InChI is InChI=1S/C22H24ClN3O2/c1-16-4-2-5-17(12-16)15-24-8-10-25(11-9-24)20-14-21(27)26(22(20)28)19-7-3-6-18(23)13-19/h2-7,12-13,20H,8-11,14-15H2,1H3/t20-/m0/s1. The van der Waals surface area contributed by atoms with E-state index in [2.05, 4.69) is 41.0 Å². The molecule has 146 valence electrons. The molecule has 2 aliphatic rings. The van der Waals surface area contributed by atoms with Crippen LogP contribution in [0.15, 0.2) is 48.5 Å². The van der Waals surface area contributed by atoms with Gasteiger partial charge >= 0.3 is 0 Å². The molecular formula is C22H24ClN3O2. The number of rotatable bonds is 4. The van der Waals surface area contributed by atoms with E-state index in [1.165, 1.54) is 16.0 Å². The van der Waals surface area contributed by atoms with Crippen molar-refractivity contribution in [2.75, 3.05) is 31.1 Å². The molecule has 2 amide bonds. The van der Waals surface area contributed by atoms with Crippen LogP contribution in [-0.2, 0) is 16.1 Å². The fraction of sp³-hybridized carbons (Fsp3) is 0.364. The predicted octanol–water partition coefficient (Wildman–Crippen LogP) is 3.10. The highest BCUT2D eigenvalue weighted by Crippen LogP contribution is 2.28. The Morgan fingerprint density at radius 3 is 2.46 bits per heavy atom. The van der Waals surface area contributed by atoms with Crippen molar-refractivity contribution in [1.82, 2.24) is 9.80 Å². The fourth-order valence-corrected chi connectivity index (χ4v) is 4.27. The second-order valence-electron chi connectivity index (χ2n) is 7.57. The summed E-state index contributed by atoms with van der Waals surface area (Å²) in [6.45, 7) is 6.39. The Kier molecular flexibility index (Phi) is 5.49. The number of carbonyl (C=O) groups excluding carboxylic acids is 2. The Balaban J connectivity index is 1.38. The van der Waals surface area contributed by atoms with Crippen molar-refractivity contribution in [3.05, 3.63) is 64.7 Å². The maximum Gasteiger partial charge on any atom is 0.251 e. The second kappa shape index (κ2) is 8.03. The van der Waals surface area contributed by atoms with Crippen LogP contribution in [0.5, 0.6) is 0 Å². The summed E-state index contributed by atoms with van der Waals surface area (Å²) < 4.78 is 0. The number of anilines is 1. The quantitative estimate of drug-likeness (QED) is 0.743. The van der Waals surface area contributed by atoms with E-state index in [1.807, 2.05) is 0 Å². The summed E-state index contributed by atoms with van der Waals surface area (Å²) in [5.41, 5.74) is 3.14. The lowest BCUT2D eigenvalue weighted by atomic mass is 10.1. The van der Waals surface area contributed by atoms with Gasteiger partial charge in [0.2, 0.25) is 5.91 Å². The van der Waals surface area contributed by atoms with Crippen LogP contribution in [0.4, 0.5) is 5.69 Å². The molecule has 2 fully saturated rings. The summed E-state index contributed by atoms with van der Waals surface area (Å²) in [5, 5.41) is 0.520. The monoisotopic (exact) mass is 397 g/mol. The molecule has 0 aliphatic carbocycles. The van der Waals surface area contributed by atoms with Crippen LogP contribution in [0.3, 0.4) is 0 Å². The van der Waals surface area contributed by atoms with Gasteiger partial charge in [0, 0.05) is 37.7 Å². The Hall–Kier alpha value is -2.21. The number of amides is 2. The van der Waals surface area contributed by atoms with Crippen molar-refractivity contribution in [2.45, 2.75) is 25.9 Å². The van der Waals surface area contributed by atoms with E-state index < -0.39 is 0 Å². The minimum atomic E-state index is -0.368. The highest BCUT2D eigenvalue weighted by Gasteiger charge is 2.43. The number of benzene rings is 2. The highest BCUT2D eigenvalue weighted by atomic mass is 35.5. The van der Waals surface area contributed by atoms with Gasteiger partial charge in [-0.2, -0.15) is 0 Å². The Morgan fingerprint density at radius 1 is 1.00 bits per heavy atom.